The molecule has 1 unspecified atom stereocenters. The molecule has 1 heterocycles. The minimum Gasteiger partial charge on any atom is -0.468 e. The molecule has 0 saturated carbocycles. The second kappa shape index (κ2) is 7.17. The number of hydrogen-bond donors (Lipinski definition) is 1. The van der Waals surface area contributed by atoms with Gasteiger partial charge in [0, 0.05) is 7.05 Å². The summed E-state index contributed by atoms with van der Waals surface area (Å²) in [5.74, 6) is 1.05. The molecule has 0 bridgehead atoms. The van der Waals surface area contributed by atoms with Crippen LogP contribution in [0.15, 0.2) is 12.1 Å². The van der Waals surface area contributed by atoms with Gasteiger partial charge in [0.2, 0.25) is 0 Å². The standard InChI is InChI=1S/C11H15NO.C2H6.CH5N/c1-7-5-6-8(2)11-10(7)12(4)9(3)13-11;2*1-2/h5-6,9H,1-4H3;1-2H3;2H2,1H3. The largest absolute Gasteiger partial charge is 0.468 e. The molecule has 0 radical (unpaired) electrons. The molecular weight excluding hydrogens is 212 g/mol. The van der Waals surface area contributed by atoms with E-state index in [4.69, 9.17) is 4.74 Å². The maximum absolute atomic E-state index is 5.76. The lowest BCUT2D eigenvalue weighted by molar-refractivity contribution is 0.249. The average Bonchev–Trinajstić information content (AvgIpc) is 2.67. The second-order valence-corrected chi connectivity index (χ2v) is 3.71. The lowest BCUT2D eigenvalue weighted by atomic mass is 10.1. The molecule has 0 aliphatic carbocycles. The summed E-state index contributed by atoms with van der Waals surface area (Å²) in [5.41, 5.74) is 8.25. The van der Waals surface area contributed by atoms with Gasteiger partial charge in [-0.2, -0.15) is 0 Å². The van der Waals surface area contributed by atoms with Crippen molar-refractivity contribution in [1.29, 1.82) is 0 Å². The fourth-order valence-electron chi connectivity index (χ4n) is 1.79. The summed E-state index contributed by atoms with van der Waals surface area (Å²) in [6.45, 7) is 10.3. The Morgan fingerprint density at radius 3 is 2.06 bits per heavy atom. The molecule has 0 saturated heterocycles. The number of aryl methyl sites for hydroxylation is 2. The van der Waals surface area contributed by atoms with Crippen molar-refractivity contribution in [3.8, 4) is 5.75 Å². The molecule has 0 aromatic heterocycles. The van der Waals surface area contributed by atoms with Crippen molar-refractivity contribution in [3.63, 3.8) is 0 Å². The first kappa shape index (κ1) is 15.8. The summed E-state index contributed by atoms with van der Waals surface area (Å²) >= 11 is 0. The molecule has 2 rings (SSSR count). The minimum absolute atomic E-state index is 0.162. The molecule has 0 spiro atoms. The van der Waals surface area contributed by atoms with Gasteiger partial charge >= 0.3 is 0 Å². The predicted molar refractivity (Wildman–Crippen MR) is 75.9 cm³/mol. The van der Waals surface area contributed by atoms with Gasteiger partial charge in [-0.15, -0.1) is 0 Å². The lowest BCUT2D eigenvalue weighted by Crippen LogP contribution is -2.27. The summed E-state index contributed by atoms with van der Waals surface area (Å²) in [4.78, 5) is 2.18. The van der Waals surface area contributed by atoms with E-state index in [1.807, 2.05) is 13.8 Å². The van der Waals surface area contributed by atoms with Crippen molar-refractivity contribution in [2.75, 3.05) is 19.0 Å². The normalized spacial score (nSPS) is 16.0. The zero-order valence-corrected chi connectivity index (χ0v) is 12.2. The van der Waals surface area contributed by atoms with Crippen molar-refractivity contribution in [1.82, 2.24) is 0 Å². The molecule has 1 aromatic carbocycles. The number of rotatable bonds is 0. The van der Waals surface area contributed by atoms with Crippen LogP contribution >= 0.6 is 0 Å². The van der Waals surface area contributed by atoms with Gasteiger partial charge in [-0.25, -0.2) is 0 Å². The van der Waals surface area contributed by atoms with Crippen LogP contribution in [0, 0.1) is 13.8 Å². The minimum atomic E-state index is 0.162. The van der Waals surface area contributed by atoms with Gasteiger partial charge < -0.3 is 15.4 Å². The first-order chi connectivity index (χ1) is 8.11. The summed E-state index contributed by atoms with van der Waals surface area (Å²) in [6, 6.07) is 4.26. The smallest absolute Gasteiger partial charge is 0.169 e. The third kappa shape index (κ3) is 3.13. The molecule has 1 aliphatic heterocycles. The number of anilines is 1. The Labute approximate surface area is 106 Å². The van der Waals surface area contributed by atoms with Crippen LogP contribution in [0.2, 0.25) is 0 Å². The van der Waals surface area contributed by atoms with Crippen LogP contribution in [0.3, 0.4) is 0 Å². The first-order valence-corrected chi connectivity index (χ1v) is 6.18. The fraction of sp³-hybridized carbons (Fsp3) is 0.571. The van der Waals surface area contributed by atoms with E-state index in [2.05, 4.69) is 50.6 Å². The number of nitrogens with zero attached hydrogens (tertiary/aromatic N) is 1. The molecule has 0 amide bonds. The molecular formula is C14H26N2O. The summed E-state index contributed by atoms with van der Waals surface area (Å²) in [6.07, 6.45) is 0.162. The van der Waals surface area contributed by atoms with Gasteiger partial charge in [0.15, 0.2) is 6.23 Å². The highest BCUT2D eigenvalue weighted by Crippen LogP contribution is 2.40. The second-order valence-electron chi connectivity index (χ2n) is 3.71. The zero-order chi connectivity index (χ0) is 13.6. The highest BCUT2D eigenvalue weighted by atomic mass is 16.5. The van der Waals surface area contributed by atoms with Crippen molar-refractivity contribution in [2.45, 2.75) is 40.8 Å². The third-order valence-corrected chi connectivity index (χ3v) is 2.72. The predicted octanol–water partition coefficient (Wildman–Crippen LogP) is 3.08. The van der Waals surface area contributed by atoms with Gasteiger partial charge in [-0.3, -0.25) is 0 Å². The van der Waals surface area contributed by atoms with Gasteiger partial charge in [0.1, 0.15) is 5.75 Å². The summed E-state index contributed by atoms with van der Waals surface area (Å²) < 4.78 is 5.76. The number of hydrogen-bond acceptors (Lipinski definition) is 3. The van der Waals surface area contributed by atoms with E-state index in [-0.39, 0.29) is 6.23 Å². The van der Waals surface area contributed by atoms with Crippen LogP contribution in [-0.2, 0) is 0 Å². The van der Waals surface area contributed by atoms with Crippen molar-refractivity contribution >= 4 is 5.69 Å². The molecule has 1 aromatic rings. The van der Waals surface area contributed by atoms with Crippen LogP contribution in [0.4, 0.5) is 5.69 Å². The van der Waals surface area contributed by atoms with Crippen molar-refractivity contribution < 1.29 is 4.74 Å². The van der Waals surface area contributed by atoms with Crippen LogP contribution in [0.1, 0.15) is 31.9 Å². The molecule has 1 atom stereocenters. The topological polar surface area (TPSA) is 38.5 Å². The van der Waals surface area contributed by atoms with Crippen LogP contribution in [0.25, 0.3) is 0 Å². The summed E-state index contributed by atoms with van der Waals surface area (Å²) in [5, 5.41) is 0. The Morgan fingerprint density at radius 1 is 1.12 bits per heavy atom. The molecule has 98 valence electrons. The quantitative estimate of drug-likeness (QED) is 0.755. The van der Waals surface area contributed by atoms with Crippen LogP contribution < -0.4 is 15.4 Å². The monoisotopic (exact) mass is 238 g/mol. The lowest BCUT2D eigenvalue weighted by Gasteiger charge is -2.16. The number of benzene rings is 1. The van der Waals surface area contributed by atoms with Gasteiger partial charge in [-0.1, -0.05) is 26.0 Å². The van der Waals surface area contributed by atoms with E-state index in [0.29, 0.717) is 0 Å². The molecule has 3 nitrogen and oxygen atoms in total. The highest BCUT2D eigenvalue weighted by Gasteiger charge is 2.26. The van der Waals surface area contributed by atoms with Crippen molar-refractivity contribution in [2.24, 2.45) is 5.73 Å². The first-order valence-electron chi connectivity index (χ1n) is 6.18. The Balaban J connectivity index is 0.000000581. The number of fused-ring (bicyclic) bond motifs is 1. The molecule has 0 fully saturated rings. The van der Waals surface area contributed by atoms with Crippen LogP contribution in [0.5, 0.6) is 5.75 Å². The fourth-order valence-corrected chi connectivity index (χ4v) is 1.79. The Kier molecular flexibility index (Phi) is 6.66. The van der Waals surface area contributed by atoms with E-state index in [1.54, 1.807) is 0 Å². The van der Waals surface area contributed by atoms with E-state index < -0.39 is 0 Å². The Bertz CT molecular complexity index is 350. The van der Waals surface area contributed by atoms with E-state index in [1.165, 1.54) is 23.9 Å². The van der Waals surface area contributed by atoms with Crippen LogP contribution in [-0.4, -0.2) is 20.3 Å². The van der Waals surface area contributed by atoms with Gasteiger partial charge in [0.05, 0.1) is 5.69 Å². The molecule has 1 aliphatic rings. The molecule has 2 N–H and O–H groups in total. The summed E-state index contributed by atoms with van der Waals surface area (Å²) in [7, 11) is 3.57. The average molecular weight is 238 g/mol. The van der Waals surface area contributed by atoms with E-state index in [9.17, 15) is 0 Å². The highest BCUT2D eigenvalue weighted by molar-refractivity contribution is 5.68. The Morgan fingerprint density at radius 2 is 1.59 bits per heavy atom. The molecule has 17 heavy (non-hydrogen) atoms. The zero-order valence-electron chi connectivity index (χ0n) is 12.2. The van der Waals surface area contributed by atoms with Gasteiger partial charge in [0.25, 0.3) is 0 Å². The number of ether oxygens (including phenoxy) is 1. The van der Waals surface area contributed by atoms with E-state index in [0.717, 1.165) is 5.75 Å². The third-order valence-electron chi connectivity index (χ3n) is 2.72. The Hall–Kier alpha value is -1.22. The van der Waals surface area contributed by atoms with Crippen molar-refractivity contribution in [3.05, 3.63) is 23.3 Å². The SMILES string of the molecule is CC.CN.Cc1ccc(C)c2c1OC(C)N2C. The molecule has 3 heteroatoms. The maximum Gasteiger partial charge on any atom is 0.169 e. The van der Waals surface area contributed by atoms with Gasteiger partial charge in [-0.05, 0) is 38.9 Å². The maximum atomic E-state index is 5.76. The number of nitrogens with two attached hydrogens (primary N) is 1. The van der Waals surface area contributed by atoms with E-state index >= 15 is 0 Å².